The summed E-state index contributed by atoms with van der Waals surface area (Å²) in [5, 5.41) is 13.7. The molecule has 0 aliphatic rings. The number of nitrogens with one attached hydrogen (secondary N) is 3. The number of aromatic nitrogens is 3. The van der Waals surface area contributed by atoms with Crippen LogP contribution in [-0.2, 0) is 4.74 Å². The van der Waals surface area contributed by atoms with Crippen LogP contribution < -0.4 is 10.6 Å². The normalized spacial score (nSPS) is 12.8. The zero-order chi connectivity index (χ0) is 21.0. The lowest BCUT2D eigenvalue weighted by molar-refractivity contribution is 0.100. The number of pyridine rings is 1. The maximum atomic E-state index is 13.5. The molecule has 1 amide bonds. The summed E-state index contributed by atoms with van der Waals surface area (Å²) >= 11 is 6.19. The number of anilines is 1. The fraction of sp³-hybridized carbons (Fsp3) is 0.222. The van der Waals surface area contributed by atoms with Crippen LogP contribution in [0.2, 0.25) is 5.02 Å². The van der Waals surface area contributed by atoms with Gasteiger partial charge in [-0.05, 0) is 25.1 Å². The van der Waals surface area contributed by atoms with Gasteiger partial charge in [0.15, 0.2) is 11.6 Å². The number of amides is 1. The predicted octanol–water partition coefficient (Wildman–Crippen LogP) is 3.12. The molecule has 29 heavy (non-hydrogen) atoms. The third-order valence-corrected chi connectivity index (χ3v) is 4.13. The minimum Gasteiger partial charge on any atom is -0.383 e. The zero-order valence-electron chi connectivity index (χ0n) is 15.5. The van der Waals surface area contributed by atoms with Gasteiger partial charge in [-0.25, -0.2) is 8.78 Å². The quantitative estimate of drug-likeness (QED) is 0.431. The molecule has 11 heteroatoms. The Morgan fingerprint density at radius 1 is 1.34 bits per heavy atom. The van der Waals surface area contributed by atoms with Gasteiger partial charge in [0.25, 0.3) is 5.91 Å². The number of hydrogen-bond donors (Lipinski definition) is 3. The Labute approximate surface area is 169 Å². The van der Waals surface area contributed by atoms with E-state index in [1.165, 1.54) is 19.5 Å². The van der Waals surface area contributed by atoms with Crippen molar-refractivity contribution in [2.24, 2.45) is 4.99 Å². The molecule has 2 heterocycles. The molecule has 0 spiro atoms. The molecule has 0 saturated heterocycles. The van der Waals surface area contributed by atoms with Crippen molar-refractivity contribution in [3.8, 4) is 0 Å². The van der Waals surface area contributed by atoms with Gasteiger partial charge in [0.1, 0.15) is 11.3 Å². The van der Waals surface area contributed by atoms with Gasteiger partial charge >= 0.3 is 0 Å². The van der Waals surface area contributed by atoms with E-state index in [9.17, 15) is 13.6 Å². The molecule has 0 radical (unpaired) electrons. The number of ether oxygens (including phenoxy) is 1. The molecular formula is C18H17ClF2N6O2. The molecule has 2 aromatic heterocycles. The van der Waals surface area contributed by atoms with Crippen LogP contribution in [0.25, 0.3) is 10.9 Å². The molecule has 0 unspecified atom stereocenters. The van der Waals surface area contributed by atoms with E-state index in [1.54, 1.807) is 0 Å². The third kappa shape index (κ3) is 4.84. The Kier molecular flexibility index (Phi) is 6.35. The topological polar surface area (TPSA) is 104 Å². The van der Waals surface area contributed by atoms with Crippen molar-refractivity contribution in [3.63, 3.8) is 0 Å². The first kappa shape index (κ1) is 20.6. The minimum atomic E-state index is -1.14. The summed E-state index contributed by atoms with van der Waals surface area (Å²) in [5.41, 5.74) is 0.400. The summed E-state index contributed by atoms with van der Waals surface area (Å²) in [4.78, 5) is 20.4. The first-order valence-corrected chi connectivity index (χ1v) is 8.85. The molecule has 0 fully saturated rings. The van der Waals surface area contributed by atoms with E-state index in [2.05, 4.69) is 30.8 Å². The number of fused-ring (bicyclic) bond motifs is 1. The van der Waals surface area contributed by atoms with Crippen LogP contribution >= 0.6 is 11.6 Å². The van der Waals surface area contributed by atoms with Crippen LogP contribution in [0.15, 0.2) is 35.6 Å². The molecule has 1 atom stereocenters. The Morgan fingerprint density at radius 3 is 2.86 bits per heavy atom. The molecule has 0 saturated carbocycles. The molecule has 8 nitrogen and oxygen atoms in total. The number of aromatic amines is 1. The van der Waals surface area contributed by atoms with Crippen molar-refractivity contribution in [3.05, 3.63) is 52.8 Å². The van der Waals surface area contributed by atoms with Crippen LogP contribution in [0, 0.1) is 11.6 Å². The fourth-order valence-electron chi connectivity index (χ4n) is 2.55. The van der Waals surface area contributed by atoms with Crippen molar-refractivity contribution in [1.29, 1.82) is 0 Å². The van der Waals surface area contributed by atoms with Gasteiger partial charge in [-0.15, -0.1) is 0 Å². The van der Waals surface area contributed by atoms with E-state index >= 15 is 0 Å². The van der Waals surface area contributed by atoms with Gasteiger partial charge in [-0.2, -0.15) is 10.1 Å². The van der Waals surface area contributed by atoms with Gasteiger partial charge in [0.05, 0.1) is 23.2 Å². The highest BCUT2D eigenvalue weighted by Gasteiger charge is 2.16. The van der Waals surface area contributed by atoms with Crippen LogP contribution in [0.1, 0.15) is 17.3 Å². The predicted molar refractivity (Wildman–Crippen MR) is 105 cm³/mol. The van der Waals surface area contributed by atoms with Crippen molar-refractivity contribution in [1.82, 2.24) is 20.5 Å². The number of methoxy groups -OCH3 is 1. The van der Waals surface area contributed by atoms with Crippen molar-refractivity contribution in [2.45, 2.75) is 13.0 Å². The Balaban J connectivity index is 1.93. The van der Waals surface area contributed by atoms with E-state index < -0.39 is 17.5 Å². The van der Waals surface area contributed by atoms with E-state index in [0.717, 1.165) is 18.2 Å². The second-order valence-electron chi connectivity index (χ2n) is 6.13. The van der Waals surface area contributed by atoms with Gasteiger partial charge in [0, 0.05) is 24.9 Å². The number of rotatable bonds is 5. The highest BCUT2D eigenvalue weighted by atomic mass is 35.5. The van der Waals surface area contributed by atoms with Crippen molar-refractivity contribution in [2.75, 3.05) is 19.0 Å². The molecule has 3 aromatic rings. The smallest absolute Gasteiger partial charge is 0.280 e. The van der Waals surface area contributed by atoms with E-state index in [-0.39, 0.29) is 17.6 Å². The second-order valence-corrected chi connectivity index (χ2v) is 6.54. The summed E-state index contributed by atoms with van der Waals surface area (Å²) in [6.07, 6.45) is 2.97. The van der Waals surface area contributed by atoms with E-state index in [4.69, 9.17) is 16.3 Å². The molecule has 1 aromatic carbocycles. The second kappa shape index (κ2) is 8.93. The van der Waals surface area contributed by atoms with Crippen LogP contribution in [0.3, 0.4) is 0 Å². The maximum Gasteiger partial charge on any atom is 0.280 e. The zero-order valence-corrected chi connectivity index (χ0v) is 16.2. The summed E-state index contributed by atoms with van der Waals surface area (Å²) in [6, 6.07) is 2.57. The van der Waals surface area contributed by atoms with Crippen LogP contribution in [0.5, 0.6) is 0 Å². The monoisotopic (exact) mass is 422 g/mol. The number of halogens is 3. The lowest BCUT2D eigenvalue weighted by Gasteiger charge is -2.17. The summed E-state index contributed by atoms with van der Waals surface area (Å²) in [6.45, 7) is 2.14. The van der Waals surface area contributed by atoms with E-state index in [0.29, 0.717) is 28.4 Å². The number of H-pyrrole nitrogens is 1. The molecule has 0 aliphatic heterocycles. The first-order valence-electron chi connectivity index (χ1n) is 8.47. The number of aliphatic imine (C=N–C) groups is 1. The Hall–Kier alpha value is -3.11. The molecule has 3 rings (SSSR count). The van der Waals surface area contributed by atoms with E-state index in [1.807, 2.05) is 6.92 Å². The largest absolute Gasteiger partial charge is 0.383 e. The number of benzene rings is 1. The summed E-state index contributed by atoms with van der Waals surface area (Å²) in [5.74, 6) is -2.55. The number of guanidine groups is 1. The van der Waals surface area contributed by atoms with Crippen LogP contribution in [0.4, 0.5) is 14.6 Å². The summed E-state index contributed by atoms with van der Waals surface area (Å²) in [7, 11) is 1.53. The van der Waals surface area contributed by atoms with Gasteiger partial charge < -0.3 is 15.4 Å². The van der Waals surface area contributed by atoms with Gasteiger partial charge in [-0.3, -0.25) is 14.9 Å². The lowest BCUT2D eigenvalue weighted by Crippen LogP contribution is -2.40. The molecule has 152 valence electrons. The van der Waals surface area contributed by atoms with Crippen LogP contribution in [-0.4, -0.2) is 46.8 Å². The number of hydrogen-bond acceptors (Lipinski definition) is 4. The minimum absolute atomic E-state index is 0.0442. The van der Waals surface area contributed by atoms with Gasteiger partial charge in [-0.1, -0.05) is 11.6 Å². The molecular weight excluding hydrogens is 406 g/mol. The first-order chi connectivity index (χ1) is 13.9. The third-order valence-electron chi connectivity index (χ3n) is 3.84. The average Bonchev–Trinajstić information content (AvgIpc) is 3.08. The van der Waals surface area contributed by atoms with Gasteiger partial charge in [0.2, 0.25) is 5.96 Å². The SMILES string of the molecule is COC[C@H](C)N/C(=N/C(=O)c1ccc(F)c(F)c1)Nc1[nH]nc2cncc(Cl)c12. The number of carbonyl (C=O) groups excluding carboxylic acids is 1. The Bertz CT molecular complexity index is 1070. The number of carbonyl (C=O) groups is 1. The summed E-state index contributed by atoms with van der Waals surface area (Å²) < 4.78 is 31.7. The van der Waals surface area contributed by atoms with Crippen molar-refractivity contribution >= 4 is 40.2 Å². The molecule has 3 N–H and O–H groups in total. The number of nitrogens with zero attached hydrogens (tertiary/aromatic N) is 3. The fourth-order valence-corrected chi connectivity index (χ4v) is 2.80. The highest BCUT2D eigenvalue weighted by molar-refractivity contribution is 6.36. The molecule has 0 bridgehead atoms. The maximum absolute atomic E-state index is 13.5. The Morgan fingerprint density at radius 2 is 2.14 bits per heavy atom. The lowest BCUT2D eigenvalue weighted by atomic mass is 10.2. The highest BCUT2D eigenvalue weighted by Crippen LogP contribution is 2.27. The molecule has 0 aliphatic carbocycles. The van der Waals surface area contributed by atoms with Crippen molar-refractivity contribution < 1.29 is 18.3 Å². The average molecular weight is 423 g/mol. The standard InChI is InChI=1S/C18H17ClF2N6O2/c1-9(8-29-2)23-18(25-17(28)10-3-4-12(20)13(21)5-10)24-16-15-11(19)6-22-7-14(15)26-27-16/h3-7,9H,8H2,1-2H3,(H3,23,24,25,26,27,28)/t9-/m0/s1.